The van der Waals surface area contributed by atoms with Crippen LogP contribution in [0.5, 0.6) is 0 Å². The number of nitro benzene ring substituents is 1. The number of rotatable bonds is 5. The van der Waals surface area contributed by atoms with Crippen molar-refractivity contribution in [3.05, 3.63) is 33.9 Å². The van der Waals surface area contributed by atoms with Gasteiger partial charge in [-0.2, -0.15) is 0 Å². The van der Waals surface area contributed by atoms with E-state index in [0.717, 1.165) is 12.1 Å². The molecule has 1 aromatic carbocycles. The molecule has 0 bridgehead atoms. The van der Waals surface area contributed by atoms with E-state index in [1.807, 2.05) is 6.07 Å². The number of nitrogens with two attached hydrogens (primary N) is 1. The minimum absolute atomic E-state index is 0.0250. The van der Waals surface area contributed by atoms with Crippen molar-refractivity contribution in [3.63, 3.8) is 0 Å². The lowest BCUT2D eigenvalue weighted by Crippen LogP contribution is -2.36. The van der Waals surface area contributed by atoms with Crippen LogP contribution < -0.4 is 11.3 Å². The molecule has 1 saturated carbocycles. The second kappa shape index (κ2) is 5.32. The molecule has 1 aliphatic rings. The van der Waals surface area contributed by atoms with Crippen LogP contribution in [0, 0.1) is 10.1 Å². The summed E-state index contributed by atoms with van der Waals surface area (Å²) in [6, 6.07) is 5.74. The van der Waals surface area contributed by atoms with Gasteiger partial charge in [-0.25, -0.2) is 0 Å². The van der Waals surface area contributed by atoms with Gasteiger partial charge in [0.25, 0.3) is 5.69 Å². The van der Waals surface area contributed by atoms with Gasteiger partial charge < -0.3 is 5.43 Å². The highest BCUT2D eigenvalue weighted by Gasteiger charge is 2.22. The highest BCUT2D eigenvalue weighted by molar-refractivity contribution is 5.61. The number of nitrogens with zero attached hydrogens (tertiary/aromatic N) is 2. The van der Waals surface area contributed by atoms with Gasteiger partial charge in [-0.05, 0) is 31.5 Å². The second-order valence-corrected chi connectivity index (χ2v) is 4.75. The summed E-state index contributed by atoms with van der Waals surface area (Å²) in [4.78, 5) is 12.7. The third-order valence-electron chi connectivity index (χ3n) is 3.54. The van der Waals surface area contributed by atoms with E-state index in [4.69, 9.17) is 5.84 Å². The highest BCUT2D eigenvalue weighted by atomic mass is 16.6. The molecule has 3 N–H and O–H groups in total. The van der Waals surface area contributed by atoms with E-state index in [2.05, 4.69) is 17.4 Å². The van der Waals surface area contributed by atoms with Crippen LogP contribution in [0.2, 0.25) is 0 Å². The summed E-state index contributed by atoms with van der Waals surface area (Å²) in [5, 5.41) is 10.9. The number of nitrogen functional groups attached to an aromatic ring is 1. The quantitative estimate of drug-likeness (QED) is 0.473. The molecule has 2 rings (SSSR count). The SMILES string of the molecule is CN(Cc1ccc(NN)c([N+](=O)[O-])c1)C1CCC1. The van der Waals surface area contributed by atoms with E-state index in [0.29, 0.717) is 11.7 Å². The van der Waals surface area contributed by atoms with Crippen molar-refractivity contribution in [2.24, 2.45) is 5.84 Å². The van der Waals surface area contributed by atoms with Crippen molar-refractivity contribution in [2.75, 3.05) is 12.5 Å². The second-order valence-electron chi connectivity index (χ2n) is 4.75. The Labute approximate surface area is 106 Å². The maximum Gasteiger partial charge on any atom is 0.293 e. The summed E-state index contributed by atoms with van der Waals surface area (Å²) in [5.74, 6) is 5.25. The third kappa shape index (κ3) is 2.60. The number of hydrogen-bond acceptors (Lipinski definition) is 5. The Morgan fingerprint density at radius 1 is 1.56 bits per heavy atom. The number of nitrogens with one attached hydrogen (secondary N) is 1. The Balaban J connectivity index is 2.13. The maximum absolute atomic E-state index is 10.9. The molecule has 1 aromatic rings. The number of nitro groups is 1. The average molecular weight is 250 g/mol. The smallest absolute Gasteiger partial charge is 0.293 e. The molecule has 6 heteroatoms. The summed E-state index contributed by atoms with van der Waals surface area (Å²) >= 11 is 0. The predicted octanol–water partition coefficient (Wildman–Crippen LogP) is 1.86. The molecule has 0 unspecified atom stereocenters. The zero-order valence-electron chi connectivity index (χ0n) is 10.4. The Hall–Kier alpha value is -1.66. The number of benzene rings is 1. The Morgan fingerprint density at radius 2 is 2.28 bits per heavy atom. The van der Waals surface area contributed by atoms with Crippen molar-refractivity contribution in [1.82, 2.24) is 4.90 Å². The lowest BCUT2D eigenvalue weighted by atomic mass is 9.91. The molecular formula is C12H18N4O2. The number of hydrogen-bond donors (Lipinski definition) is 2. The van der Waals surface area contributed by atoms with E-state index < -0.39 is 4.92 Å². The molecule has 98 valence electrons. The van der Waals surface area contributed by atoms with Gasteiger partial charge in [0.2, 0.25) is 0 Å². The molecule has 0 atom stereocenters. The average Bonchev–Trinajstić information content (AvgIpc) is 2.26. The van der Waals surface area contributed by atoms with Crippen molar-refractivity contribution < 1.29 is 4.92 Å². The van der Waals surface area contributed by atoms with Crippen molar-refractivity contribution in [2.45, 2.75) is 31.8 Å². The molecule has 0 amide bonds. The van der Waals surface area contributed by atoms with Crippen LogP contribution in [0.15, 0.2) is 18.2 Å². The summed E-state index contributed by atoms with van der Waals surface area (Å²) < 4.78 is 0. The molecular weight excluding hydrogens is 232 g/mol. The maximum atomic E-state index is 10.9. The molecule has 18 heavy (non-hydrogen) atoms. The van der Waals surface area contributed by atoms with Crippen LogP contribution in [0.25, 0.3) is 0 Å². The summed E-state index contributed by atoms with van der Waals surface area (Å²) in [6.45, 7) is 0.732. The first-order valence-corrected chi connectivity index (χ1v) is 6.06. The fraction of sp³-hybridized carbons (Fsp3) is 0.500. The topological polar surface area (TPSA) is 84.4 Å². The zero-order chi connectivity index (χ0) is 13.1. The van der Waals surface area contributed by atoms with Crippen LogP contribution in [0.1, 0.15) is 24.8 Å². The lowest BCUT2D eigenvalue weighted by molar-refractivity contribution is -0.384. The van der Waals surface area contributed by atoms with Gasteiger partial charge >= 0.3 is 0 Å². The van der Waals surface area contributed by atoms with E-state index in [1.165, 1.54) is 19.3 Å². The van der Waals surface area contributed by atoms with Gasteiger partial charge in [0, 0.05) is 18.7 Å². The number of anilines is 1. The first kappa shape index (κ1) is 12.8. The van der Waals surface area contributed by atoms with Crippen LogP contribution >= 0.6 is 0 Å². The molecule has 0 aliphatic heterocycles. The van der Waals surface area contributed by atoms with Crippen LogP contribution in [-0.2, 0) is 6.54 Å². The Bertz CT molecular complexity index is 446. The van der Waals surface area contributed by atoms with E-state index in [9.17, 15) is 10.1 Å². The van der Waals surface area contributed by atoms with Gasteiger partial charge in [0.15, 0.2) is 0 Å². The molecule has 1 fully saturated rings. The minimum atomic E-state index is -0.415. The van der Waals surface area contributed by atoms with Crippen molar-refractivity contribution in [1.29, 1.82) is 0 Å². The van der Waals surface area contributed by atoms with E-state index in [1.54, 1.807) is 12.1 Å². The minimum Gasteiger partial charge on any atom is -0.318 e. The third-order valence-corrected chi connectivity index (χ3v) is 3.54. The fourth-order valence-electron chi connectivity index (χ4n) is 2.19. The zero-order valence-corrected chi connectivity index (χ0v) is 10.4. The molecule has 0 radical (unpaired) electrons. The highest BCUT2D eigenvalue weighted by Crippen LogP contribution is 2.28. The molecule has 0 aromatic heterocycles. The van der Waals surface area contributed by atoms with Crippen molar-refractivity contribution in [3.8, 4) is 0 Å². The molecule has 0 heterocycles. The van der Waals surface area contributed by atoms with Gasteiger partial charge in [-0.1, -0.05) is 12.5 Å². The van der Waals surface area contributed by atoms with Crippen LogP contribution in [-0.4, -0.2) is 22.9 Å². The lowest BCUT2D eigenvalue weighted by Gasteiger charge is -2.34. The van der Waals surface area contributed by atoms with Gasteiger partial charge in [-0.3, -0.25) is 20.9 Å². The van der Waals surface area contributed by atoms with E-state index >= 15 is 0 Å². The van der Waals surface area contributed by atoms with Crippen LogP contribution in [0.4, 0.5) is 11.4 Å². The van der Waals surface area contributed by atoms with Crippen molar-refractivity contribution >= 4 is 11.4 Å². The number of hydrazine groups is 1. The summed E-state index contributed by atoms with van der Waals surface area (Å²) in [5.41, 5.74) is 3.65. The largest absolute Gasteiger partial charge is 0.318 e. The van der Waals surface area contributed by atoms with Crippen LogP contribution in [0.3, 0.4) is 0 Å². The first-order chi connectivity index (χ1) is 8.61. The van der Waals surface area contributed by atoms with E-state index in [-0.39, 0.29) is 5.69 Å². The first-order valence-electron chi connectivity index (χ1n) is 6.06. The predicted molar refractivity (Wildman–Crippen MR) is 70.0 cm³/mol. The van der Waals surface area contributed by atoms with Gasteiger partial charge in [-0.15, -0.1) is 0 Å². The molecule has 0 spiro atoms. The molecule has 0 saturated heterocycles. The van der Waals surface area contributed by atoms with Gasteiger partial charge in [0.05, 0.1) is 4.92 Å². The fourth-order valence-corrected chi connectivity index (χ4v) is 2.19. The summed E-state index contributed by atoms with van der Waals surface area (Å²) in [6.07, 6.45) is 3.73. The monoisotopic (exact) mass is 250 g/mol. The normalized spacial score (nSPS) is 15.5. The molecule has 1 aliphatic carbocycles. The molecule has 6 nitrogen and oxygen atoms in total. The Kier molecular flexibility index (Phi) is 3.78. The van der Waals surface area contributed by atoms with Gasteiger partial charge in [0.1, 0.15) is 5.69 Å². The summed E-state index contributed by atoms with van der Waals surface area (Å²) in [7, 11) is 2.06. The standard InChI is InChI=1S/C12H18N4O2/c1-15(10-3-2-4-10)8-9-5-6-11(14-13)12(7-9)16(17)18/h5-7,10,14H,2-4,8,13H2,1H3. The Morgan fingerprint density at radius 3 is 2.78 bits per heavy atom.